The topological polar surface area (TPSA) is 75.7 Å². The second kappa shape index (κ2) is 4.58. The first-order valence-corrected chi connectivity index (χ1v) is 6.81. The summed E-state index contributed by atoms with van der Waals surface area (Å²) in [5, 5.41) is 2.22. The highest BCUT2D eigenvalue weighted by molar-refractivity contribution is 6.18. The van der Waals surface area contributed by atoms with Gasteiger partial charge in [0.05, 0.1) is 6.54 Å². The van der Waals surface area contributed by atoms with Gasteiger partial charge < -0.3 is 4.74 Å². The maximum absolute atomic E-state index is 12.3. The summed E-state index contributed by atoms with van der Waals surface area (Å²) in [5.41, 5.74) is -0.179. The first-order valence-electron chi connectivity index (χ1n) is 6.81. The molecule has 2 aliphatic rings. The Morgan fingerprint density at radius 2 is 2.00 bits per heavy atom. The van der Waals surface area contributed by atoms with Gasteiger partial charge in [-0.05, 0) is 25.5 Å². The fourth-order valence-electron chi connectivity index (χ4n) is 2.57. The molecule has 2 aliphatic heterocycles. The molecule has 2 heterocycles. The molecule has 4 amide bonds. The van der Waals surface area contributed by atoms with Gasteiger partial charge in [0.15, 0.2) is 0 Å². The standard InChI is InChI=1S/C15H16N2O4/c1-15(2)12(18)16-14(20)17(13(15)19)8-10-7-9-5-3-4-6-11(9)21-10/h3-6,10H,7-8H2,1-2H3,(H,16,18,20). The highest BCUT2D eigenvalue weighted by atomic mass is 16.5. The van der Waals surface area contributed by atoms with Gasteiger partial charge in [0, 0.05) is 6.42 Å². The Hall–Kier alpha value is -2.37. The third-order valence-corrected chi connectivity index (χ3v) is 3.91. The van der Waals surface area contributed by atoms with Crippen LogP contribution in [0.5, 0.6) is 5.75 Å². The van der Waals surface area contributed by atoms with Crippen LogP contribution in [0.25, 0.3) is 0 Å². The number of hydrogen-bond donors (Lipinski definition) is 1. The smallest absolute Gasteiger partial charge is 0.330 e. The van der Waals surface area contributed by atoms with Crippen molar-refractivity contribution < 1.29 is 19.1 Å². The Labute approximate surface area is 122 Å². The number of amides is 4. The number of hydrogen-bond acceptors (Lipinski definition) is 4. The van der Waals surface area contributed by atoms with E-state index in [1.165, 1.54) is 13.8 Å². The Kier molecular flexibility index (Phi) is 2.97. The summed E-state index contributed by atoms with van der Waals surface area (Å²) in [7, 11) is 0. The van der Waals surface area contributed by atoms with E-state index < -0.39 is 23.3 Å². The van der Waals surface area contributed by atoms with Crippen molar-refractivity contribution in [2.45, 2.75) is 26.4 Å². The summed E-state index contributed by atoms with van der Waals surface area (Å²) in [4.78, 5) is 37.0. The van der Waals surface area contributed by atoms with Gasteiger partial charge in [-0.15, -0.1) is 0 Å². The summed E-state index contributed by atoms with van der Waals surface area (Å²) in [6.45, 7) is 3.15. The monoisotopic (exact) mass is 288 g/mol. The van der Waals surface area contributed by atoms with E-state index in [0.717, 1.165) is 16.2 Å². The van der Waals surface area contributed by atoms with E-state index in [2.05, 4.69) is 5.32 Å². The largest absolute Gasteiger partial charge is 0.488 e. The molecule has 1 saturated heterocycles. The fraction of sp³-hybridized carbons (Fsp3) is 0.400. The predicted molar refractivity (Wildman–Crippen MR) is 73.6 cm³/mol. The van der Waals surface area contributed by atoms with Crippen molar-refractivity contribution in [3.63, 3.8) is 0 Å². The van der Waals surface area contributed by atoms with Crippen LogP contribution in [0.15, 0.2) is 24.3 Å². The fourth-order valence-corrected chi connectivity index (χ4v) is 2.57. The van der Waals surface area contributed by atoms with Crippen molar-refractivity contribution >= 4 is 17.8 Å². The molecule has 0 aliphatic carbocycles. The minimum Gasteiger partial charge on any atom is -0.488 e. The van der Waals surface area contributed by atoms with Crippen LogP contribution in [0.4, 0.5) is 4.79 Å². The number of nitrogens with one attached hydrogen (secondary N) is 1. The van der Waals surface area contributed by atoms with Crippen LogP contribution >= 0.6 is 0 Å². The van der Waals surface area contributed by atoms with E-state index >= 15 is 0 Å². The molecule has 1 fully saturated rings. The zero-order chi connectivity index (χ0) is 15.2. The van der Waals surface area contributed by atoms with Crippen molar-refractivity contribution in [1.29, 1.82) is 0 Å². The maximum atomic E-state index is 12.3. The average molecular weight is 288 g/mol. The second-order valence-corrected chi connectivity index (χ2v) is 5.85. The van der Waals surface area contributed by atoms with E-state index in [9.17, 15) is 14.4 Å². The average Bonchev–Trinajstić information content (AvgIpc) is 2.84. The number of fused-ring (bicyclic) bond motifs is 1. The zero-order valence-corrected chi connectivity index (χ0v) is 11.9. The summed E-state index contributed by atoms with van der Waals surface area (Å²) in [5.74, 6) is -0.275. The normalized spacial score (nSPS) is 23.6. The molecule has 3 rings (SSSR count). The molecule has 1 unspecified atom stereocenters. The Morgan fingerprint density at radius 3 is 2.71 bits per heavy atom. The van der Waals surface area contributed by atoms with Gasteiger partial charge in [-0.2, -0.15) is 0 Å². The van der Waals surface area contributed by atoms with Crippen molar-refractivity contribution in [2.24, 2.45) is 5.41 Å². The summed E-state index contributed by atoms with van der Waals surface area (Å²) in [6.07, 6.45) is 0.364. The number of carbonyl (C=O) groups is 3. The first-order chi connectivity index (χ1) is 9.89. The van der Waals surface area contributed by atoms with Crippen LogP contribution < -0.4 is 10.1 Å². The molecular formula is C15H16N2O4. The molecular weight excluding hydrogens is 272 g/mol. The maximum Gasteiger partial charge on any atom is 0.330 e. The highest BCUT2D eigenvalue weighted by Crippen LogP contribution is 2.30. The molecule has 0 aromatic heterocycles. The van der Waals surface area contributed by atoms with E-state index in [1.807, 2.05) is 24.3 Å². The number of para-hydroxylation sites is 1. The van der Waals surface area contributed by atoms with E-state index in [-0.39, 0.29) is 12.6 Å². The zero-order valence-electron chi connectivity index (χ0n) is 11.9. The molecule has 0 spiro atoms. The van der Waals surface area contributed by atoms with Crippen LogP contribution in [0.3, 0.4) is 0 Å². The number of imide groups is 2. The van der Waals surface area contributed by atoms with Crippen molar-refractivity contribution in [3.05, 3.63) is 29.8 Å². The number of ether oxygens (including phenoxy) is 1. The molecule has 0 saturated carbocycles. The van der Waals surface area contributed by atoms with Crippen LogP contribution in [-0.2, 0) is 16.0 Å². The predicted octanol–water partition coefficient (Wildman–Crippen LogP) is 1.09. The first kappa shape index (κ1) is 13.6. The summed E-state index contributed by atoms with van der Waals surface area (Å²) in [6, 6.07) is 6.94. The molecule has 21 heavy (non-hydrogen) atoms. The van der Waals surface area contributed by atoms with E-state index in [0.29, 0.717) is 6.42 Å². The Balaban J connectivity index is 1.75. The van der Waals surface area contributed by atoms with Crippen LogP contribution in [0, 0.1) is 5.41 Å². The lowest BCUT2D eigenvalue weighted by Gasteiger charge is -2.35. The van der Waals surface area contributed by atoms with E-state index in [4.69, 9.17) is 4.74 Å². The van der Waals surface area contributed by atoms with Gasteiger partial charge in [-0.3, -0.25) is 19.8 Å². The quantitative estimate of drug-likeness (QED) is 0.827. The van der Waals surface area contributed by atoms with E-state index in [1.54, 1.807) is 0 Å². The Morgan fingerprint density at radius 1 is 1.29 bits per heavy atom. The van der Waals surface area contributed by atoms with Crippen LogP contribution in [-0.4, -0.2) is 35.4 Å². The van der Waals surface area contributed by atoms with Gasteiger partial charge in [0.25, 0.3) is 0 Å². The van der Waals surface area contributed by atoms with Crippen LogP contribution in [0.1, 0.15) is 19.4 Å². The molecule has 6 heteroatoms. The second-order valence-electron chi connectivity index (χ2n) is 5.85. The number of benzene rings is 1. The molecule has 1 aromatic carbocycles. The van der Waals surface area contributed by atoms with Crippen molar-refractivity contribution in [3.8, 4) is 5.75 Å². The summed E-state index contributed by atoms with van der Waals surface area (Å²) >= 11 is 0. The van der Waals surface area contributed by atoms with Gasteiger partial charge in [0.1, 0.15) is 17.3 Å². The van der Waals surface area contributed by atoms with Crippen LogP contribution in [0.2, 0.25) is 0 Å². The number of barbiturate groups is 1. The molecule has 6 nitrogen and oxygen atoms in total. The Bertz CT molecular complexity index is 613. The van der Waals surface area contributed by atoms with Gasteiger partial charge >= 0.3 is 6.03 Å². The van der Waals surface area contributed by atoms with Gasteiger partial charge in [-0.1, -0.05) is 18.2 Å². The summed E-state index contributed by atoms with van der Waals surface area (Å²) < 4.78 is 5.74. The highest BCUT2D eigenvalue weighted by Gasteiger charge is 2.47. The van der Waals surface area contributed by atoms with Gasteiger partial charge in [-0.25, -0.2) is 4.79 Å². The SMILES string of the molecule is CC1(C)C(=O)NC(=O)N(CC2Cc3ccccc3O2)C1=O. The number of nitrogens with zero attached hydrogens (tertiary/aromatic N) is 1. The minimum atomic E-state index is -1.24. The third kappa shape index (κ3) is 2.16. The molecule has 1 atom stereocenters. The molecule has 1 aromatic rings. The van der Waals surface area contributed by atoms with Crippen molar-refractivity contribution in [1.82, 2.24) is 10.2 Å². The number of urea groups is 1. The molecule has 0 bridgehead atoms. The third-order valence-electron chi connectivity index (χ3n) is 3.91. The lowest BCUT2D eigenvalue weighted by atomic mass is 9.88. The molecule has 1 N–H and O–H groups in total. The molecule has 0 radical (unpaired) electrons. The minimum absolute atomic E-state index is 0.135. The van der Waals surface area contributed by atoms with Crippen molar-refractivity contribution in [2.75, 3.05) is 6.54 Å². The molecule has 110 valence electrons. The number of rotatable bonds is 2. The lowest BCUT2D eigenvalue weighted by Crippen LogP contribution is -2.63. The lowest BCUT2D eigenvalue weighted by molar-refractivity contribution is -0.149. The van der Waals surface area contributed by atoms with Gasteiger partial charge in [0.2, 0.25) is 11.8 Å². The number of carbonyl (C=O) groups excluding carboxylic acids is 3.